The zero-order chi connectivity index (χ0) is 14.9. The smallest absolute Gasteiger partial charge is 0.109 e. The van der Waals surface area contributed by atoms with Crippen molar-refractivity contribution >= 4 is 16.7 Å². The molecule has 0 radical (unpaired) electrons. The molecule has 0 spiro atoms. The van der Waals surface area contributed by atoms with Crippen LogP contribution in [0, 0.1) is 5.41 Å². The summed E-state index contributed by atoms with van der Waals surface area (Å²) in [6.07, 6.45) is 6.87. The van der Waals surface area contributed by atoms with Crippen LogP contribution in [0.15, 0.2) is 18.2 Å². The number of benzene rings is 1. The number of aliphatic hydroxyl groups is 1. The summed E-state index contributed by atoms with van der Waals surface area (Å²) in [4.78, 5) is 4.72. The first-order chi connectivity index (χ1) is 10.2. The molecular formula is C17H25N3O. The van der Waals surface area contributed by atoms with Crippen LogP contribution >= 0.6 is 0 Å². The van der Waals surface area contributed by atoms with Gasteiger partial charge in [0.15, 0.2) is 0 Å². The molecule has 1 heterocycles. The standard InChI is InChI=1S/C17H25N3O/c1-2-16-19-14-10-13(18)6-7-15(14)20(16)11-17(12-21)8-4-3-5-9-17/h6-7,10,21H,2-5,8-9,11-12,18H2,1H3. The van der Waals surface area contributed by atoms with Crippen LogP contribution in [0.1, 0.15) is 44.9 Å². The molecule has 1 fully saturated rings. The molecular weight excluding hydrogens is 262 g/mol. The molecule has 4 heteroatoms. The molecule has 21 heavy (non-hydrogen) atoms. The fraction of sp³-hybridized carbons (Fsp3) is 0.588. The van der Waals surface area contributed by atoms with Gasteiger partial charge >= 0.3 is 0 Å². The highest BCUT2D eigenvalue weighted by Gasteiger charge is 2.32. The Hall–Kier alpha value is -1.55. The predicted molar refractivity (Wildman–Crippen MR) is 86.1 cm³/mol. The maximum Gasteiger partial charge on any atom is 0.109 e. The Morgan fingerprint density at radius 2 is 2.05 bits per heavy atom. The molecule has 1 aliphatic rings. The minimum Gasteiger partial charge on any atom is -0.399 e. The number of nitrogen functional groups attached to an aromatic ring is 1. The van der Waals surface area contributed by atoms with Crippen LogP contribution in [0.4, 0.5) is 5.69 Å². The van der Waals surface area contributed by atoms with E-state index in [2.05, 4.69) is 17.6 Å². The van der Waals surface area contributed by atoms with Gasteiger partial charge in [-0.2, -0.15) is 0 Å². The van der Waals surface area contributed by atoms with Gasteiger partial charge in [-0.1, -0.05) is 26.2 Å². The Labute approximate surface area is 126 Å². The van der Waals surface area contributed by atoms with Crippen molar-refractivity contribution in [1.82, 2.24) is 9.55 Å². The van der Waals surface area contributed by atoms with Crippen LogP contribution in [0.2, 0.25) is 0 Å². The van der Waals surface area contributed by atoms with Crippen molar-refractivity contribution in [2.24, 2.45) is 5.41 Å². The van der Waals surface area contributed by atoms with E-state index in [1.807, 2.05) is 12.1 Å². The number of nitrogens with two attached hydrogens (primary N) is 1. The first-order valence-electron chi connectivity index (χ1n) is 8.03. The number of hydrogen-bond acceptors (Lipinski definition) is 3. The predicted octanol–water partition coefficient (Wildman–Crippen LogP) is 3.12. The Morgan fingerprint density at radius 3 is 2.71 bits per heavy atom. The van der Waals surface area contributed by atoms with Gasteiger partial charge in [0.25, 0.3) is 0 Å². The van der Waals surface area contributed by atoms with Crippen LogP contribution in [0.3, 0.4) is 0 Å². The molecule has 3 N–H and O–H groups in total. The molecule has 1 aromatic carbocycles. The Balaban J connectivity index is 2.02. The number of imidazole rings is 1. The van der Waals surface area contributed by atoms with Crippen molar-refractivity contribution in [1.29, 1.82) is 0 Å². The molecule has 0 amide bonds. The fourth-order valence-corrected chi connectivity index (χ4v) is 3.65. The largest absolute Gasteiger partial charge is 0.399 e. The van der Waals surface area contributed by atoms with Crippen LogP contribution in [-0.2, 0) is 13.0 Å². The van der Waals surface area contributed by atoms with E-state index >= 15 is 0 Å². The van der Waals surface area contributed by atoms with Gasteiger partial charge in [-0.15, -0.1) is 0 Å². The highest BCUT2D eigenvalue weighted by Crippen LogP contribution is 2.38. The zero-order valence-corrected chi connectivity index (χ0v) is 12.8. The lowest BCUT2D eigenvalue weighted by atomic mass is 9.74. The summed E-state index contributed by atoms with van der Waals surface area (Å²) < 4.78 is 2.30. The van der Waals surface area contributed by atoms with Gasteiger partial charge in [0, 0.05) is 24.1 Å². The topological polar surface area (TPSA) is 64.1 Å². The number of hydrogen-bond donors (Lipinski definition) is 2. The molecule has 0 bridgehead atoms. The minimum atomic E-state index is 0.0250. The normalized spacial score (nSPS) is 18.2. The second-order valence-electron chi connectivity index (χ2n) is 6.43. The lowest BCUT2D eigenvalue weighted by molar-refractivity contribution is 0.0650. The van der Waals surface area contributed by atoms with Crippen LogP contribution < -0.4 is 5.73 Å². The van der Waals surface area contributed by atoms with Gasteiger partial charge in [0.1, 0.15) is 5.82 Å². The van der Waals surface area contributed by atoms with Crippen LogP contribution in [-0.4, -0.2) is 21.3 Å². The van der Waals surface area contributed by atoms with Gasteiger partial charge in [-0.25, -0.2) is 4.98 Å². The summed E-state index contributed by atoms with van der Waals surface area (Å²) in [5.41, 5.74) is 8.76. The first-order valence-corrected chi connectivity index (χ1v) is 8.03. The average Bonchev–Trinajstić information content (AvgIpc) is 2.85. The summed E-state index contributed by atoms with van der Waals surface area (Å²) in [7, 11) is 0. The second-order valence-corrected chi connectivity index (χ2v) is 6.43. The van der Waals surface area contributed by atoms with Gasteiger partial charge < -0.3 is 15.4 Å². The molecule has 0 saturated heterocycles. The lowest BCUT2D eigenvalue weighted by Crippen LogP contribution is -2.33. The minimum absolute atomic E-state index is 0.0250. The van der Waals surface area contributed by atoms with E-state index in [9.17, 15) is 5.11 Å². The number of rotatable bonds is 4. The maximum absolute atomic E-state index is 9.97. The third kappa shape index (κ3) is 2.64. The molecule has 114 valence electrons. The summed E-state index contributed by atoms with van der Waals surface area (Å²) in [6, 6.07) is 5.94. The number of aromatic nitrogens is 2. The van der Waals surface area contributed by atoms with Crippen molar-refractivity contribution in [3.63, 3.8) is 0 Å². The molecule has 0 atom stereocenters. The molecule has 3 rings (SSSR count). The molecule has 0 aliphatic heterocycles. The molecule has 0 unspecified atom stereocenters. The van der Waals surface area contributed by atoms with E-state index in [0.29, 0.717) is 0 Å². The van der Waals surface area contributed by atoms with Crippen LogP contribution in [0.5, 0.6) is 0 Å². The fourth-order valence-electron chi connectivity index (χ4n) is 3.65. The number of aliphatic hydroxyl groups excluding tert-OH is 1. The Kier molecular flexibility index (Phi) is 3.89. The second kappa shape index (κ2) is 5.68. The van der Waals surface area contributed by atoms with E-state index < -0.39 is 0 Å². The van der Waals surface area contributed by atoms with Crippen molar-refractivity contribution in [3.8, 4) is 0 Å². The number of aryl methyl sites for hydroxylation is 1. The van der Waals surface area contributed by atoms with E-state index in [-0.39, 0.29) is 12.0 Å². The third-order valence-corrected chi connectivity index (χ3v) is 4.91. The van der Waals surface area contributed by atoms with E-state index in [1.54, 1.807) is 0 Å². The summed E-state index contributed by atoms with van der Waals surface area (Å²) in [5.74, 6) is 1.09. The number of anilines is 1. The van der Waals surface area contributed by atoms with Gasteiger partial charge in [0.2, 0.25) is 0 Å². The summed E-state index contributed by atoms with van der Waals surface area (Å²) in [5, 5.41) is 9.97. The Morgan fingerprint density at radius 1 is 1.29 bits per heavy atom. The van der Waals surface area contributed by atoms with E-state index in [0.717, 1.165) is 48.4 Å². The van der Waals surface area contributed by atoms with Gasteiger partial charge in [-0.05, 0) is 31.0 Å². The molecule has 1 saturated carbocycles. The summed E-state index contributed by atoms with van der Waals surface area (Å²) in [6.45, 7) is 3.27. The van der Waals surface area contributed by atoms with Crippen molar-refractivity contribution in [2.45, 2.75) is 52.0 Å². The van der Waals surface area contributed by atoms with Gasteiger partial charge in [-0.3, -0.25) is 0 Å². The molecule has 1 aromatic heterocycles. The third-order valence-electron chi connectivity index (χ3n) is 4.91. The molecule has 1 aliphatic carbocycles. The monoisotopic (exact) mass is 287 g/mol. The first kappa shape index (κ1) is 14.4. The highest BCUT2D eigenvalue weighted by atomic mass is 16.3. The lowest BCUT2D eigenvalue weighted by Gasteiger charge is -2.36. The van der Waals surface area contributed by atoms with Crippen molar-refractivity contribution in [2.75, 3.05) is 12.3 Å². The van der Waals surface area contributed by atoms with Crippen molar-refractivity contribution in [3.05, 3.63) is 24.0 Å². The van der Waals surface area contributed by atoms with Crippen LogP contribution in [0.25, 0.3) is 11.0 Å². The Bertz CT molecular complexity index is 626. The number of fused-ring (bicyclic) bond motifs is 1. The SMILES string of the molecule is CCc1nc2cc(N)ccc2n1CC1(CO)CCCCC1. The zero-order valence-electron chi connectivity index (χ0n) is 12.8. The average molecular weight is 287 g/mol. The highest BCUT2D eigenvalue weighted by molar-refractivity contribution is 5.79. The van der Waals surface area contributed by atoms with Crippen molar-refractivity contribution < 1.29 is 5.11 Å². The van der Waals surface area contributed by atoms with Gasteiger partial charge in [0.05, 0.1) is 17.6 Å². The molecule has 4 nitrogen and oxygen atoms in total. The summed E-state index contributed by atoms with van der Waals surface area (Å²) >= 11 is 0. The van der Waals surface area contributed by atoms with E-state index in [4.69, 9.17) is 10.7 Å². The quantitative estimate of drug-likeness (QED) is 0.849. The number of nitrogens with zero attached hydrogens (tertiary/aromatic N) is 2. The maximum atomic E-state index is 9.97. The molecule has 2 aromatic rings. The van der Waals surface area contributed by atoms with E-state index in [1.165, 1.54) is 19.3 Å².